The van der Waals surface area contributed by atoms with Crippen LogP contribution in [0.5, 0.6) is 0 Å². The van der Waals surface area contributed by atoms with E-state index in [1.165, 1.54) is 0 Å². The minimum absolute atomic E-state index is 0.0207. The summed E-state index contributed by atoms with van der Waals surface area (Å²) in [6.07, 6.45) is 2.30. The maximum atomic E-state index is 12.2. The lowest BCUT2D eigenvalue weighted by Crippen LogP contribution is -2.42. The lowest BCUT2D eigenvalue weighted by atomic mass is 10.1. The lowest BCUT2D eigenvalue weighted by Gasteiger charge is -2.15. The Balaban J connectivity index is 1.94. The zero-order valence-corrected chi connectivity index (χ0v) is 14.1. The minimum Gasteiger partial charge on any atom is -0.480 e. The van der Waals surface area contributed by atoms with Crippen LogP contribution in [0.4, 0.5) is 4.79 Å². The van der Waals surface area contributed by atoms with E-state index in [0.29, 0.717) is 11.4 Å². The van der Waals surface area contributed by atoms with E-state index >= 15 is 0 Å². The van der Waals surface area contributed by atoms with E-state index in [2.05, 4.69) is 10.6 Å². The number of carboxylic acid groups (broad SMARTS) is 1. The quantitative estimate of drug-likeness (QED) is 0.525. The molecule has 2 aromatic rings. The molecule has 1 heterocycles. The molecule has 0 aliphatic heterocycles. The molecule has 9 heteroatoms. The summed E-state index contributed by atoms with van der Waals surface area (Å²) in [6, 6.07) is 5.49. The van der Waals surface area contributed by atoms with Gasteiger partial charge in [-0.2, -0.15) is 0 Å². The molecule has 0 aliphatic carbocycles. The van der Waals surface area contributed by atoms with Crippen molar-refractivity contribution in [3.05, 3.63) is 35.5 Å². The number of fused-ring (bicyclic) bond motifs is 1. The number of carboxylic acids is 1. The van der Waals surface area contributed by atoms with Gasteiger partial charge in [0.2, 0.25) is 5.91 Å². The lowest BCUT2D eigenvalue weighted by molar-refractivity contribution is -0.142. The van der Waals surface area contributed by atoms with E-state index in [-0.39, 0.29) is 19.5 Å². The Kier molecular flexibility index (Phi) is 6.24. The Hall–Kier alpha value is -2.74. The van der Waals surface area contributed by atoms with Gasteiger partial charge in [0.25, 0.3) is 0 Å². The predicted molar refractivity (Wildman–Crippen MR) is 93.3 cm³/mol. The highest BCUT2D eigenvalue weighted by molar-refractivity contribution is 6.31. The van der Waals surface area contributed by atoms with Crippen molar-refractivity contribution in [2.45, 2.75) is 25.4 Å². The van der Waals surface area contributed by atoms with Gasteiger partial charge in [0, 0.05) is 23.3 Å². The van der Waals surface area contributed by atoms with E-state index in [4.69, 9.17) is 17.3 Å². The fourth-order valence-electron chi connectivity index (χ4n) is 2.46. The molecule has 3 amide bonds. The van der Waals surface area contributed by atoms with Gasteiger partial charge in [-0.3, -0.25) is 4.79 Å². The van der Waals surface area contributed by atoms with Crippen molar-refractivity contribution in [2.24, 2.45) is 5.73 Å². The number of primary amides is 1. The van der Waals surface area contributed by atoms with Crippen LogP contribution in [0.1, 0.15) is 12.8 Å². The van der Waals surface area contributed by atoms with Crippen molar-refractivity contribution in [3.8, 4) is 0 Å². The molecule has 0 fully saturated rings. The van der Waals surface area contributed by atoms with Gasteiger partial charge in [-0.15, -0.1) is 0 Å². The van der Waals surface area contributed by atoms with Gasteiger partial charge in [0.15, 0.2) is 0 Å². The summed E-state index contributed by atoms with van der Waals surface area (Å²) in [4.78, 5) is 34.0. The smallest absolute Gasteiger partial charge is 0.326 e. The first-order valence-electron chi connectivity index (χ1n) is 7.66. The number of aromatic nitrogens is 1. The molecule has 5 N–H and O–H groups in total. The molecule has 0 aliphatic rings. The SMILES string of the molecule is NC(=O)NCCC[C@H](NC(=O)Cn1ccc2ccc(Cl)cc21)C(=O)O. The minimum atomic E-state index is -1.13. The molecule has 0 saturated carbocycles. The molecular weight excluding hydrogens is 348 g/mol. The molecule has 25 heavy (non-hydrogen) atoms. The summed E-state index contributed by atoms with van der Waals surface area (Å²) in [5.41, 5.74) is 5.73. The van der Waals surface area contributed by atoms with Crippen LogP contribution in [0.25, 0.3) is 10.9 Å². The van der Waals surface area contributed by atoms with Crippen molar-refractivity contribution >= 4 is 40.4 Å². The van der Waals surface area contributed by atoms with Crippen molar-refractivity contribution in [3.63, 3.8) is 0 Å². The number of hydrogen-bond acceptors (Lipinski definition) is 3. The van der Waals surface area contributed by atoms with Crippen LogP contribution in [-0.4, -0.2) is 40.2 Å². The van der Waals surface area contributed by atoms with Gasteiger partial charge >= 0.3 is 12.0 Å². The molecule has 0 unspecified atom stereocenters. The summed E-state index contributed by atoms with van der Waals surface area (Å²) in [5, 5.41) is 15.6. The maximum absolute atomic E-state index is 12.2. The number of urea groups is 1. The highest BCUT2D eigenvalue weighted by Crippen LogP contribution is 2.20. The number of hydrogen-bond donors (Lipinski definition) is 4. The van der Waals surface area contributed by atoms with Crippen molar-refractivity contribution in [1.82, 2.24) is 15.2 Å². The topological polar surface area (TPSA) is 126 Å². The summed E-state index contributed by atoms with van der Waals surface area (Å²) < 4.78 is 1.70. The molecule has 0 bridgehead atoms. The zero-order chi connectivity index (χ0) is 18.4. The standard InChI is InChI=1S/C16H19ClN4O4/c17-11-4-3-10-5-7-21(13(10)8-11)9-14(22)20-12(15(23)24)2-1-6-19-16(18)25/h3-5,7-8,12H,1-2,6,9H2,(H,20,22)(H,23,24)(H3,18,19,25)/t12-/m0/s1. The highest BCUT2D eigenvalue weighted by Gasteiger charge is 2.19. The molecule has 1 aromatic carbocycles. The first-order chi connectivity index (χ1) is 11.9. The van der Waals surface area contributed by atoms with Crippen molar-refractivity contribution in [2.75, 3.05) is 6.54 Å². The summed E-state index contributed by atoms with van der Waals surface area (Å²) in [6.45, 7) is 0.225. The number of halogens is 1. The molecule has 0 saturated heterocycles. The van der Waals surface area contributed by atoms with E-state index in [1.807, 2.05) is 12.1 Å². The Morgan fingerprint density at radius 3 is 2.72 bits per heavy atom. The highest BCUT2D eigenvalue weighted by atomic mass is 35.5. The Bertz CT molecular complexity index is 790. The molecule has 0 radical (unpaired) electrons. The fraction of sp³-hybridized carbons (Fsp3) is 0.312. The van der Waals surface area contributed by atoms with Gasteiger partial charge in [-0.25, -0.2) is 9.59 Å². The van der Waals surface area contributed by atoms with E-state index in [1.54, 1.807) is 22.9 Å². The largest absolute Gasteiger partial charge is 0.480 e. The Morgan fingerprint density at radius 2 is 2.04 bits per heavy atom. The van der Waals surface area contributed by atoms with Crippen molar-refractivity contribution in [1.29, 1.82) is 0 Å². The number of nitrogens with two attached hydrogens (primary N) is 1. The van der Waals surface area contributed by atoms with Crippen LogP contribution in [0.15, 0.2) is 30.5 Å². The number of nitrogens with zero attached hydrogens (tertiary/aromatic N) is 1. The molecular formula is C16H19ClN4O4. The summed E-state index contributed by atoms with van der Waals surface area (Å²) in [7, 11) is 0. The second-order valence-electron chi connectivity index (χ2n) is 5.54. The van der Waals surface area contributed by atoms with E-state index in [0.717, 1.165) is 10.9 Å². The average Bonchev–Trinajstić information content (AvgIpc) is 2.92. The third-order valence-electron chi connectivity index (χ3n) is 3.65. The molecule has 134 valence electrons. The van der Waals surface area contributed by atoms with Gasteiger partial charge < -0.3 is 26.0 Å². The van der Waals surface area contributed by atoms with Crippen LogP contribution in [0.3, 0.4) is 0 Å². The maximum Gasteiger partial charge on any atom is 0.326 e. The molecule has 2 rings (SSSR count). The number of carbonyl (C=O) groups is 3. The van der Waals surface area contributed by atoms with Gasteiger partial charge in [-0.1, -0.05) is 17.7 Å². The van der Waals surface area contributed by atoms with Crippen LogP contribution in [0.2, 0.25) is 5.02 Å². The third-order valence-corrected chi connectivity index (χ3v) is 3.89. The number of nitrogens with one attached hydrogen (secondary N) is 2. The third kappa shape index (κ3) is 5.39. The number of benzene rings is 1. The van der Waals surface area contributed by atoms with Gasteiger partial charge in [-0.05, 0) is 36.4 Å². The molecule has 8 nitrogen and oxygen atoms in total. The first-order valence-corrected chi connectivity index (χ1v) is 8.04. The van der Waals surface area contributed by atoms with Crippen LogP contribution in [0, 0.1) is 0 Å². The Labute approximate surface area is 148 Å². The summed E-state index contributed by atoms with van der Waals surface area (Å²) in [5.74, 6) is -1.56. The number of rotatable bonds is 8. The average molecular weight is 367 g/mol. The second kappa shape index (κ2) is 8.39. The number of carbonyl (C=O) groups excluding carboxylic acids is 2. The van der Waals surface area contributed by atoms with Crippen LogP contribution < -0.4 is 16.4 Å². The van der Waals surface area contributed by atoms with E-state index < -0.39 is 23.9 Å². The monoisotopic (exact) mass is 366 g/mol. The number of amides is 3. The van der Waals surface area contributed by atoms with Crippen molar-refractivity contribution < 1.29 is 19.5 Å². The Morgan fingerprint density at radius 1 is 1.28 bits per heavy atom. The van der Waals surface area contributed by atoms with Gasteiger partial charge in [0.1, 0.15) is 12.6 Å². The summed E-state index contributed by atoms with van der Waals surface area (Å²) >= 11 is 5.97. The molecule has 1 atom stereocenters. The van der Waals surface area contributed by atoms with Crippen LogP contribution >= 0.6 is 11.6 Å². The first kappa shape index (κ1) is 18.6. The predicted octanol–water partition coefficient (Wildman–Crippen LogP) is 1.31. The van der Waals surface area contributed by atoms with Gasteiger partial charge in [0.05, 0.1) is 0 Å². The normalized spacial score (nSPS) is 11.9. The van der Waals surface area contributed by atoms with E-state index in [9.17, 15) is 19.5 Å². The van der Waals surface area contributed by atoms with Crippen LogP contribution in [-0.2, 0) is 16.1 Å². The zero-order valence-electron chi connectivity index (χ0n) is 13.4. The molecule has 1 aromatic heterocycles. The second-order valence-corrected chi connectivity index (χ2v) is 5.97. The number of aliphatic carboxylic acids is 1. The molecule has 0 spiro atoms. The fourth-order valence-corrected chi connectivity index (χ4v) is 2.63.